The number of benzene rings is 2. The number of nitrogens with zero attached hydrogens (tertiary/aromatic N) is 1. The molecule has 0 saturated heterocycles. The third kappa shape index (κ3) is 3.71. The van der Waals surface area contributed by atoms with Crippen molar-refractivity contribution in [2.24, 2.45) is 0 Å². The third-order valence-electron chi connectivity index (χ3n) is 4.35. The van der Waals surface area contributed by atoms with E-state index in [-0.39, 0.29) is 23.5 Å². The molecular weight excluding hydrogens is 372 g/mol. The lowest BCUT2D eigenvalue weighted by Crippen LogP contribution is -2.18. The molecule has 7 heteroatoms. The van der Waals surface area contributed by atoms with E-state index >= 15 is 0 Å². The van der Waals surface area contributed by atoms with Gasteiger partial charge in [-0.1, -0.05) is 30.3 Å². The normalized spacial score (nSPS) is 10.7. The van der Waals surface area contributed by atoms with Gasteiger partial charge in [0.1, 0.15) is 17.9 Å². The summed E-state index contributed by atoms with van der Waals surface area (Å²) in [5.74, 6) is -0.282. The zero-order chi connectivity index (χ0) is 20.2. The zero-order valence-electron chi connectivity index (χ0n) is 15.2. The van der Waals surface area contributed by atoms with Gasteiger partial charge >= 0.3 is 0 Å². The van der Waals surface area contributed by atoms with Crippen LogP contribution in [0.15, 0.2) is 82.1 Å². The third-order valence-corrected chi connectivity index (χ3v) is 4.35. The molecule has 29 heavy (non-hydrogen) atoms. The number of carbonyl (C=O) groups is 1. The van der Waals surface area contributed by atoms with Crippen molar-refractivity contribution in [2.45, 2.75) is 6.61 Å². The molecule has 2 heterocycles. The SMILES string of the molecule is O=C(NO)c1ccc(COc2c(-c3ccccn3)oc3ccccc3c2=O)cc1. The van der Waals surface area contributed by atoms with Crippen LogP contribution < -0.4 is 15.6 Å². The van der Waals surface area contributed by atoms with Crippen molar-refractivity contribution in [2.75, 3.05) is 0 Å². The van der Waals surface area contributed by atoms with Gasteiger partial charge in [0, 0.05) is 11.8 Å². The van der Waals surface area contributed by atoms with Crippen molar-refractivity contribution in [1.29, 1.82) is 0 Å². The second-order valence-electron chi connectivity index (χ2n) is 6.23. The zero-order valence-corrected chi connectivity index (χ0v) is 15.2. The predicted octanol–water partition coefficient (Wildman–Crippen LogP) is 3.55. The summed E-state index contributed by atoms with van der Waals surface area (Å²) < 4.78 is 11.8. The average molecular weight is 388 g/mol. The molecule has 0 spiro atoms. The number of hydroxylamine groups is 1. The van der Waals surface area contributed by atoms with E-state index in [9.17, 15) is 9.59 Å². The number of nitrogens with one attached hydrogen (secondary N) is 1. The van der Waals surface area contributed by atoms with Crippen molar-refractivity contribution >= 4 is 16.9 Å². The molecule has 2 aromatic carbocycles. The number of rotatable bonds is 5. The molecule has 0 unspecified atom stereocenters. The second-order valence-corrected chi connectivity index (χ2v) is 6.23. The van der Waals surface area contributed by atoms with Gasteiger partial charge in [-0.2, -0.15) is 0 Å². The molecule has 2 aromatic heterocycles. The van der Waals surface area contributed by atoms with Crippen LogP contribution in [0.2, 0.25) is 0 Å². The predicted molar refractivity (Wildman–Crippen MR) is 106 cm³/mol. The van der Waals surface area contributed by atoms with E-state index in [4.69, 9.17) is 14.4 Å². The Hall–Kier alpha value is -3.97. The Kier molecular flexibility index (Phi) is 5.05. The van der Waals surface area contributed by atoms with Gasteiger partial charge in [-0.05, 0) is 42.0 Å². The molecular formula is C22H16N2O5. The van der Waals surface area contributed by atoms with Crippen LogP contribution in [0.5, 0.6) is 5.75 Å². The standard InChI is InChI=1S/C22H16N2O5/c25-19-16-5-1-2-7-18(16)29-20(17-6-3-4-12-23-17)21(19)28-13-14-8-10-15(11-9-14)22(26)24-27/h1-12,27H,13H2,(H,24,26). The summed E-state index contributed by atoms with van der Waals surface area (Å²) in [5, 5.41) is 9.10. The van der Waals surface area contributed by atoms with Crippen molar-refractivity contribution in [3.05, 3.63) is 94.3 Å². The average Bonchev–Trinajstić information content (AvgIpc) is 2.79. The quantitative estimate of drug-likeness (QED) is 0.400. The molecule has 2 N–H and O–H groups in total. The summed E-state index contributed by atoms with van der Waals surface area (Å²) in [5.41, 5.74) is 3.26. The number of hydrogen-bond donors (Lipinski definition) is 2. The number of carbonyl (C=O) groups excluding carboxylic acids is 1. The van der Waals surface area contributed by atoms with Gasteiger partial charge in [0.15, 0.2) is 5.76 Å². The molecule has 0 bridgehead atoms. The number of amides is 1. The number of fused-ring (bicyclic) bond motifs is 1. The van der Waals surface area contributed by atoms with E-state index in [1.54, 1.807) is 78.4 Å². The topological polar surface area (TPSA) is 102 Å². The molecule has 144 valence electrons. The summed E-state index contributed by atoms with van der Waals surface area (Å²) in [4.78, 5) is 28.7. The smallest absolute Gasteiger partial charge is 0.274 e. The van der Waals surface area contributed by atoms with Crippen molar-refractivity contribution in [3.63, 3.8) is 0 Å². The van der Waals surface area contributed by atoms with Gasteiger partial charge < -0.3 is 9.15 Å². The Bertz CT molecular complexity index is 1220. The van der Waals surface area contributed by atoms with E-state index in [2.05, 4.69) is 4.98 Å². The molecule has 0 aliphatic carbocycles. The van der Waals surface area contributed by atoms with Crippen molar-refractivity contribution in [1.82, 2.24) is 10.5 Å². The van der Waals surface area contributed by atoms with Gasteiger partial charge in [-0.15, -0.1) is 0 Å². The Balaban J connectivity index is 1.71. The van der Waals surface area contributed by atoms with Crippen molar-refractivity contribution < 1.29 is 19.2 Å². The monoisotopic (exact) mass is 388 g/mol. The van der Waals surface area contributed by atoms with Crippen molar-refractivity contribution in [3.8, 4) is 17.2 Å². The van der Waals surface area contributed by atoms with E-state index < -0.39 is 5.91 Å². The number of pyridine rings is 1. The Morgan fingerprint density at radius 2 is 1.79 bits per heavy atom. The minimum absolute atomic E-state index is 0.0691. The lowest BCUT2D eigenvalue weighted by molar-refractivity contribution is 0.0706. The van der Waals surface area contributed by atoms with Crippen LogP contribution in [0.3, 0.4) is 0 Å². The van der Waals surface area contributed by atoms with Gasteiger partial charge in [0.05, 0.1) is 5.39 Å². The lowest BCUT2D eigenvalue weighted by atomic mass is 10.1. The molecule has 0 saturated carbocycles. The van der Waals surface area contributed by atoms with Crippen LogP contribution in [0.1, 0.15) is 15.9 Å². The summed E-state index contributed by atoms with van der Waals surface area (Å²) >= 11 is 0. The summed E-state index contributed by atoms with van der Waals surface area (Å²) in [7, 11) is 0. The first kappa shape index (κ1) is 18.4. The van der Waals surface area contributed by atoms with E-state index in [0.717, 1.165) is 5.56 Å². The van der Waals surface area contributed by atoms with Gasteiger partial charge in [0.2, 0.25) is 11.2 Å². The Labute approximate surface area is 165 Å². The highest BCUT2D eigenvalue weighted by atomic mass is 16.5. The Morgan fingerprint density at radius 3 is 2.52 bits per heavy atom. The fourth-order valence-corrected chi connectivity index (χ4v) is 2.89. The molecule has 0 radical (unpaired) electrons. The van der Waals surface area contributed by atoms with Crippen LogP contribution in [0.4, 0.5) is 0 Å². The van der Waals surface area contributed by atoms with E-state index in [0.29, 0.717) is 22.2 Å². The summed E-state index contributed by atoms with van der Waals surface area (Å²) in [6, 6.07) is 18.7. The van der Waals surface area contributed by atoms with Crippen LogP contribution in [0.25, 0.3) is 22.4 Å². The summed E-state index contributed by atoms with van der Waals surface area (Å²) in [6.07, 6.45) is 1.61. The number of ether oxygens (including phenoxy) is 1. The maximum Gasteiger partial charge on any atom is 0.274 e. The van der Waals surface area contributed by atoms with Gasteiger partial charge in [-0.25, -0.2) is 5.48 Å². The second kappa shape index (κ2) is 7.95. The highest BCUT2D eigenvalue weighted by molar-refractivity contribution is 5.93. The largest absolute Gasteiger partial charge is 0.481 e. The maximum atomic E-state index is 13.0. The first-order valence-corrected chi connectivity index (χ1v) is 8.81. The van der Waals surface area contributed by atoms with Crippen LogP contribution in [-0.2, 0) is 6.61 Å². The first-order valence-electron chi connectivity index (χ1n) is 8.81. The maximum absolute atomic E-state index is 13.0. The van der Waals surface area contributed by atoms with Gasteiger partial charge in [-0.3, -0.25) is 19.8 Å². The molecule has 0 fully saturated rings. The van der Waals surface area contributed by atoms with Gasteiger partial charge in [0.25, 0.3) is 5.91 Å². The molecule has 7 nitrogen and oxygen atoms in total. The van der Waals surface area contributed by atoms with E-state index in [1.165, 1.54) is 0 Å². The van der Waals surface area contributed by atoms with Crippen LogP contribution in [-0.4, -0.2) is 16.1 Å². The molecule has 0 atom stereocenters. The number of hydrogen-bond acceptors (Lipinski definition) is 6. The number of aromatic nitrogens is 1. The first-order chi connectivity index (χ1) is 14.2. The molecule has 4 rings (SSSR count). The van der Waals surface area contributed by atoms with E-state index in [1.807, 2.05) is 0 Å². The minimum atomic E-state index is -0.606. The molecule has 4 aromatic rings. The highest BCUT2D eigenvalue weighted by Crippen LogP contribution is 2.29. The highest BCUT2D eigenvalue weighted by Gasteiger charge is 2.18. The molecule has 0 aliphatic heterocycles. The summed E-state index contributed by atoms with van der Waals surface area (Å²) in [6.45, 7) is 0.0873. The number of para-hydroxylation sites is 1. The molecule has 0 aliphatic rings. The fourth-order valence-electron chi connectivity index (χ4n) is 2.89. The lowest BCUT2D eigenvalue weighted by Gasteiger charge is -2.11. The molecule has 1 amide bonds. The Morgan fingerprint density at radius 1 is 1.03 bits per heavy atom. The fraction of sp³-hybridized carbons (Fsp3) is 0.0455. The van der Waals surface area contributed by atoms with Crippen LogP contribution in [0, 0.1) is 0 Å². The minimum Gasteiger partial charge on any atom is -0.481 e. The van der Waals surface area contributed by atoms with Crippen LogP contribution >= 0.6 is 0 Å².